The van der Waals surface area contributed by atoms with Gasteiger partial charge in [-0.15, -0.1) is 0 Å². The van der Waals surface area contributed by atoms with E-state index in [0.717, 1.165) is 31.2 Å². The van der Waals surface area contributed by atoms with Gasteiger partial charge in [0.05, 0.1) is 18.6 Å². The van der Waals surface area contributed by atoms with Gasteiger partial charge in [0.2, 0.25) is 5.96 Å². The van der Waals surface area contributed by atoms with Crippen LogP contribution in [-0.4, -0.2) is 51.2 Å². The lowest BCUT2D eigenvalue weighted by molar-refractivity contribution is -0.132. The van der Waals surface area contributed by atoms with Gasteiger partial charge in [0.15, 0.2) is 0 Å². The maximum absolute atomic E-state index is 13.1. The van der Waals surface area contributed by atoms with E-state index >= 15 is 0 Å². The number of halogens is 1. The van der Waals surface area contributed by atoms with Crippen molar-refractivity contribution in [3.63, 3.8) is 0 Å². The predicted molar refractivity (Wildman–Crippen MR) is 122 cm³/mol. The quantitative estimate of drug-likeness (QED) is 0.401. The summed E-state index contributed by atoms with van der Waals surface area (Å²) in [5.41, 5.74) is 7.22. The van der Waals surface area contributed by atoms with Crippen LogP contribution in [0, 0.1) is 0 Å². The van der Waals surface area contributed by atoms with Crippen molar-refractivity contribution in [1.29, 1.82) is 0 Å². The molecule has 0 aromatic heterocycles. The normalized spacial score (nSPS) is 19.3. The molecule has 1 aliphatic carbocycles. The number of nitrogens with two attached hydrogens (primary N) is 1. The molecule has 0 unspecified atom stereocenters. The number of carbonyl (C=O) groups excluding carboxylic acids is 2. The van der Waals surface area contributed by atoms with Crippen molar-refractivity contribution >= 4 is 29.4 Å². The van der Waals surface area contributed by atoms with Crippen molar-refractivity contribution in [2.45, 2.75) is 51.6 Å². The van der Waals surface area contributed by atoms with Crippen LogP contribution in [0.25, 0.3) is 0 Å². The van der Waals surface area contributed by atoms with Crippen LogP contribution in [0.1, 0.15) is 45.1 Å². The zero-order valence-electron chi connectivity index (χ0n) is 18.4. The minimum atomic E-state index is -0.380. The summed E-state index contributed by atoms with van der Waals surface area (Å²) < 4.78 is 5.10. The molecule has 170 valence electrons. The Morgan fingerprint density at radius 1 is 1.31 bits per heavy atom. The molecule has 1 spiro atoms. The molecule has 1 amide bonds. The topological polar surface area (TPSA) is 91.5 Å². The van der Waals surface area contributed by atoms with Crippen LogP contribution in [0.3, 0.4) is 0 Å². The molecule has 9 heteroatoms. The number of amides is 1. The number of carbonyl (C=O) groups is 2. The Morgan fingerprint density at radius 3 is 2.53 bits per heavy atom. The second-order valence-corrected chi connectivity index (χ2v) is 8.85. The third-order valence-electron chi connectivity index (χ3n) is 6.17. The minimum absolute atomic E-state index is 0.124. The summed E-state index contributed by atoms with van der Waals surface area (Å²) in [6.07, 6.45) is 4.23. The highest BCUT2D eigenvalue weighted by atomic mass is 35.5. The number of guanidine groups is 1. The number of esters is 1. The molecule has 0 saturated heterocycles. The Kier molecular flexibility index (Phi) is 5.90. The van der Waals surface area contributed by atoms with Gasteiger partial charge >= 0.3 is 5.97 Å². The Bertz CT molecular complexity index is 1010. The fraction of sp³-hybridized carbons (Fsp3) is 0.435. The summed E-state index contributed by atoms with van der Waals surface area (Å²) >= 11 is 6.43. The average Bonchev–Trinajstić information content (AvgIpc) is 3.35. The van der Waals surface area contributed by atoms with Crippen molar-refractivity contribution in [2.24, 2.45) is 10.7 Å². The Morgan fingerprint density at radius 2 is 1.97 bits per heavy atom. The number of hydrogen-bond donors (Lipinski definition) is 1. The van der Waals surface area contributed by atoms with E-state index in [1.54, 1.807) is 21.9 Å². The molecule has 8 nitrogen and oxygen atoms in total. The Balaban J connectivity index is 1.69. The first kappa shape index (κ1) is 22.2. The lowest BCUT2D eigenvalue weighted by atomic mass is 9.99. The van der Waals surface area contributed by atoms with E-state index in [0.29, 0.717) is 37.2 Å². The van der Waals surface area contributed by atoms with Gasteiger partial charge in [-0.2, -0.15) is 0 Å². The molecule has 2 N–H and O–H groups in total. The molecule has 0 bridgehead atoms. The van der Waals surface area contributed by atoms with Gasteiger partial charge in [-0.05, 0) is 37.5 Å². The predicted octanol–water partition coefficient (Wildman–Crippen LogP) is 3.10. The number of fused-ring (bicyclic) bond motifs is 1. The molecule has 1 saturated carbocycles. The highest BCUT2D eigenvalue weighted by Gasteiger charge is 2.49. The number of likely N-dealkylation sites (N-methyl/N-ethyl adjacent to an activating group) is 1. The molecular weight excluding hydrogens is 430 g/mol. The fourth-order valence-electron chi connectivity index (χ4n) is 4.69. The summed E-state index contributed by atoms with van der Waals surface area (Å²) in [4.78, 5) is 34.7. The second kappa shape index (κ2) is 8.50. The first-order valence-corrected chi connectivity index (χ1v) is 11.2. The first-order valence-electron chi connectivity index (χ1n) is 10.8. The molecule has 32 heavy (non-hydrogen) atoms. The van der Waals surface area contributed by atoms with Gasteiger partial charge < -0.3 is 15.4 Å². The number of benzene rings is 1. The van der Waals surface area contributed by atoms with Crippen LogP contribution in [-0.2, 0) is 16.1 Å². The van der Waals surface area contributed by atoms with Gasteiger partial charge in [-0.1, -0.05) is 43.2 Å². The third-order valence-corrected chi connectivity index (χ3v) is 6.37. The Hall–Kier alpha value is -3.00. The highest BCUT2D eigenvalue weighted by Crippen LogP contribution is 2.42. The maximum atomic E-state index is 13.1. The van der Waals surface area contributed by atoms with Gasteiger partial charge in [0.25, 0.3) is 5.91 Å². The van der Waals surface area contributed by atoms with Gasteiger partial charge in [0, 0.05) is 13.5 Å². The van der Waals surface area contributed by atoms with E-state index in [2.05, 4.69) is 6.58 Å². The summed E-state index contributed by atoms with van der Waals surface area (Å²) in [7, 11) is 0. The monoisotopic (exact) mass is 457 g/mol. The molecule has 1 aromatic carbocycles. The smallest absolute Gasteiger partial charge is 0.308 e. The lowest BCUT2D eigenvalue weighted by Gasteiger charge is -2.40. The first-order chi connectivity index (χ1) is 15.2. The summed E-state index contributed by atoms with van der Waals surface area (Å²) in [6, 6.07) is 7.10. The van der Waals surface area contributed by atoms with E-state index < -0.39 is 0 Å². The number of nitrogens with zero attached hydrogens (tertiary/aromatic N) is 4. The Labute approximate surface area is 192 Å². The van der Waals surface area contributed by atoms with Crippen LogP contribution >= 0.6 is 11.6 Å². The van der Waals surface area contributed by atoms with E-state index in [4.69, 9.17) is 27.1 Å². The van der Waals surface area contributed by atoms with Crippen LogP contribution in [0.4, 0.5) is 0 Å². The zero-order valence-corrected chi connectivity index (χ0v) is 19.2. The zero-order chi connectivity index (χ0) is 23.0. The molecule has 1 aromatic rings. The van der Waals surface area contributed by atoms with Gasteiger partial charge in [-0.3, -0.25) is 19.4 Å². The van der Waals surface area contributed by atoms with Gasteiger partial charge in [-0.25, -0.2) is 4.99 Å². The SMILES string of the molecule is C=C(Cl)N(Cc1ccc(OC(C)=O)cc1)C1=C(N)C(=O)N(CC)C2=NC3(CCCC3)CN21. The van der Waals surface area contributed by atoms with E-state index in [1.807, 2.05) is 24.0 Å². The number of rotatable bonds is 6. The van der Waals surface area contributed by atoms with Crippen LogP contribution < -0.4 is 10.5 Å². The van der Waals surface area contributed by atoms with Crippen molar-refractivity contribution in [1.82, 2.24) is 14.7 Å². The molecule has 0 radical (unpaired) electrons. The molecule has 3 aliphatic rings. The molecular formula is C23H28ClN5O3. The molecule has 1 fully saturated rings. The molecule has 4 rings (SSSR count). The fourth-order valence-corrected chi connectivity index (χ4v) is 4.83. The van der Waals surface area contributed by atoms with Crippen LogP contribution in [0.2, 0.25) is 0 Å². The van der Waals surface area contributed by atoms with Crippen molar-refractivity contribution in [3.05, 3.63) is 53.1 Å². The molecule has 2 heterocycles. The second-order valence-electron chi connectivity index (χ2n) is 8.42. The van der Waals surface area contributed by atoms with E-state index in [-0.39, 0.29) is 28.3 Å². The third kappa shape index (κ3) is 3.95. The number of hydrogen-bond acceptors (Lipinski definition) is 7. The largest absolute Gasteiger partial charge is 0.427 e. The highest BCUT2D eigenvalue weighted by molar-refractivity contribution is 6.29. The summed E-state index contributed by atoms with van der Waals surface area (Å²) in [5.74, 6) is 0.956. The summed E-state index contributed by atoms with van der Waals surface area (Å²) in [5, 5.41) is 0.247. The lowest BCUT2D eigenvalue weighted by Crippen LogP contribution is -2.55. The van der Waals surface area contributed by atoms with E-state index in [9.17, 15) is 9.59 Å². The number of ether oxygens (including phenoxy) is 1. The maximum Gasteiger partial charge on any atom is 0.308 e. The molecule has 0 atom stereocenters. The molecule has 2 aliphatic heterocycles. The number of aliphatic imine (C=N–C) groups is 1. The van der Waals surface area contributed by atoms with Crippen molar-refractivity contribution < 1.29 is 14.3 Å². The minimum Gasteiger partial charge on any atom is -0.427 e. The summed E-state index contributed by atoms with van der Waals surface area (Å²) in [6.45, 7) is 8.68. The van der Waals surface area contributed by atoms with Crippen molar-refractivity contribution in [3.8, 4) is 5.75 Å². The van der Waals surface area contributed by atoms with Gasteiger partial charge in [0.1, 0.15) is 22.4 Å². The van der Waals surface area contributed by atoms with Crippen LogP contribution in [0.5, 0.6) is 5.75 Å². The van der Waals surface area contributed by atoms with Crippen molar-refractivity contribution in [2.75, 3.05) is 13.1 Å². The van der Waals surface area contributed by atoms with E-state index in [1.165, 1.54) is 6.92 Å². The average molecular weight is 458 g/mol. The standard InChI is InChI=1S/C23H28ClN5O3/c1-4-27-21(31)19(25)20(29-14-23(26-22(27)29)11-5-6-12-23)28(15(2)24)13-17-7-9-18(10-8-17)32-16(3)30/h7-10H,2,4-6,11-14,25H2,1,3H3. The van der Waals surface area contributed by atoms with Crippen LogP contribution in [0.15, 0.2) is 52.5 Å².